The molecule has 7 nitrogen and oxygen atoms in total. The topological polar surface area (TPSA) is 93.7 Å². The summed E-state index contributed by atoms with van der Waals surface area (Å²) in [5.41, 5.74) is 2.17. The fraction of sp³-hybridized carbons (Fsp3) is 0.240. The molecule has 0 aliphatic heterocycles. The number of rotatable bonds is 12. The van der Waals surface area contributed by atoms with Gasteiger partial charge in [0.15, 0.2) is 0 Å². The Morgan fingerprint density at radius 3 is 2.38 bits per heavy atom. The van der Waals surface area contributed by atoms with Gasteiger partial charge in [0.25, 0.3) is 10.0 Å². The van der Waals surface area contributed by atoms with Gasteiger partial charge in [-0.25, -0.2) is 12.8 Å². The van der Waals surface area contributed by atoms with Crippen LogP contribution in [0.4, 0.5) is 10.1 Å². The molecule has 2 N–H and O–H groups in total. The van der Waals surface area contributed by atoms with E-state index >= 15 is 0 Å². The van der Waals surface area contributed by atoms with Gasteiger partial charge in [0.1, 0.15) is 18.2 Å². The molecule has 3 rings (SSSR count). The minimum Gasteiger partial charge on any atom is -0.497 e. The Hall–Kier alpha value is -3.43. The van der Waals surface area contributed by atoms with E-state index in [-0.39, 0.29) is 29.8 Å². The molecule has 0 unspecified atom stereocenters. The van der Waals surface area contributed by atoms with Crippen LogP contribution in [0.5, 0.6) is 5.75 Å². The van der Waals surface area contributed by atoms with Crippen LogP contribution in [0.25, 0.3) is 0 Å². The summed E-state index contributed by atoms with van der Waals surface area (Å²) in [5, 5.41) is 2.78. The predicted molar refractivity (Wildman–Crippen MR) is 128 cm³/mol. The lowest BCUT2D eigenvalue weighted by molar-refractivity contribution is -0.126. The Bertz CT molecular complexity index is 1180. The number of carbonyl (C=O) groups excluding carboxylic acids is 1. The van der Waals surface area contributed by atoms with E-state index in [1.54, 1.807) is 60.7 Å². The third kappa shape index (κ3) is 7.86. The molecule has 0 saturated carbocycles. The molecule has 0 fully saturated rings. The number of aryl methyl sites for hydroxylation is 1. The molecule has 0 bridgehead atoms. The summed E-state index contributed by atoms with van der Waals surface area (Å²) in [6, 6.07) is 19.2. The molecule has 180 valence electrons. The standard InChI is InChI=1S/C25H27FN2O5S/c1-32-23-6-2-5-22(16-23)28-34(30,31)24-13-9-19(10-14-24)4-3-15-27-25(29)18-33-17-20-7-11-21(26)12-8-20/h2,5-14,16,28H,3-4,15,17-18H2,1H3,(H,27,29). The lowest BCUT2D eigenvalue weighted by atomic mass is 10.1. The summed E-state index contributed by atoms with van der Waals surface area (Å²) in [4.78, 5) is 12.0. The van der Waals surface area contributed by atoms with Crippen molar-refractivity contribution in [1.82, 2.24) is 5.32 Å². The molecular formula is C25H27FN2O5S. The molecule has 0 heterocycles. The highest BCUT2D eigenvalue weighted by Crippen LogP contribution is 2.21. The Labute approximate surface area is 199 Å². The van der Waals surface area contributed by atoms with Crippen molar-refractivity contribution in [1.29, 1.82) is 0 Å². The normalized spacial score (nSPS) is 11.1. The lowest BCUT2D eigenvalue weighted by Gasteiger charge is -2.10. The highest BCUT2D eigenvalue weighted by Gasteiger charge is 2.14. The zero-order valence-electron chi connectivity index (χ0n) is 18.8. The van der Waals surface area contributed by atoms with Gasteiger partial charge >= 0.3 is 0 Å². The first-order chi connectivity index (χ1) is 16.4. The van der Waals surface area contributed by atoms with Crippen molar-refractivity contribution in [2.45, 2.75) is 24.3 Å². The molecule has 1 amide bonds. The first-order valence-electron chi connectivity index (χ1n) is 10.7. The number of hydrogen-bond acceptors (Lipinski definition) is 5. The van der Waals surface area contributed by atoms with E-state index in [2.05, 4.69) is 10.0 Å². The Balaban J connectivity index is 1.38. The van der Waals surface area contributed by atoms with Gasteiger partial charge in [-0.3, -0.25) is 9.52 Å². The van der Waals surface area contributed by atoms with Crippen LogP contribution in [0.1, 0.15) is 17.5 Å². The first kappa shape index (κ1) is 25.2. The maximum atomic E-state index is 12.9. The second-order valence-electron chi connectivity index (χ2n) is 7.55. The van der Waals surface area contributed by atoms with Crippen molar-refractivity contribution in [2.24, 2.45) is 0 Å². The number of amides is 1. The molecule has 3 aromatic rings. The van der Waals surface area contributed by atoms with Gasteiger partial charge in [-0.15, -0.1) is 0 Å². The molecule has 3 aromatic carbocycles. The minimum absolute atomic E-state index is 0.0791. The first-order valence-corrected chi connectivity index (χ1v) is 12.2. The second-order valence-corrected chi connectivity index (χ2v) is 9.24. The van der Waals surface area contributed by atoms with Crippen LogP contribution in [-0.4, -0.2) is 34.6 Å². The molecule has 0 aliphatic carbocycles. The van der Waals surface area contributed by atoms with Crippen molar-refractivity contribution in [2.75, 3.05) is 25.0 Å². The number of nitrogens with one attached hydrogen (secondary N) is 2. The lowest BCUT2D eigenvalue weighted by Crippen LogP contribution is -2.28. The molecule has 0 radical (unpaired) electrons. The molecular weight excluding hydrogens is 459 g/mol. The molecule has 0 aromatic heterocycles. The maximum Gasteiger partial charge on any atom is 0.261 e. The van der Waals surface area contributed by atoms with E-state index < -0.39 is 10.0 Å². The minimum atomic E-state index is -3.72. The Morgan fingerprint density at radius 1 is 0.971 bits per heavy atom. The fourth-order valence-electron chi connectivity index (χ4n) is 3.15. The van der Waals surface area contributed by atoms with Gasteiger partial charge in [0.2, 0.25) is 5.91 Å². The number of benzene rings is 3. The number of sulfonamides is 1. The predicted octanol–water partition coefficient (Wildman–Crippen LogP) is 3.90. The van der Waals surface area contributed by atoms with Gasteiger partial charge in [-0.2, -0.15) is 0 Å². The summed E-state index contributed by atoms with van der Waals surface area (Å²) >= 11 is 0. The van der Waals surface area contributed by atoms with Crippen molar-refractivity contribution >= 4 is 21.6 Å². The highest BCUT2D eigenvalue weighted by atomic mass is 32.2. The van der Waals surface area contributed by atoms with E-state index in [9.17, 15) is 17.6 Å². The van der Waals surface area contributed by atoms with Gasteiger partial charge in [0, 0.05) is 12.6 Å². The van der Waals surface area contributed by atoms with Crippen LogP contribution in [0.15, 0.2) is 77.7 Å². The molecule has 34 heavy (non-hydrogen) atoms. The summed E-state index contributed by atoms with van der Waals surface area (Å²) in [6.45, 7) is 0.621. The summed E-state index contributed by atoms with van der Waals surface area (Å²) < 4.78 is 51.1. The number of hydrogen-bond donors (Lipinski definition) is 2. The van der Waals surface area contributed by atoms with Gasteiger partial charge in [-0.1, -0.05) is 30.3 Å². The zero-order chi connectivity index (χ0) is 24.4. The van der Waals surface area contributed by atoms with Gasteiger partial charge in [-0.05, 0) is 60.4 Å². The number of carbonyl (C=O) groups is 1. The second kappa shape index (κ2) is 12.2. The Morgan fingerprint density at radius 2 is 1.68 bits per heavy atom. The van der Waals surface area contributed by atoms with Crippen LogP contribution in [-0.2, 0) is 32.6 Å². The van der Waals surface area contributed by atoms with Gasteiger partial charge < -0.3 is 14.8 Å². The molecule has 0 atom stereocenters. The van der Waals surface area contributed by atoms with E-state index in [1.807, 2.05) is 0 Å². The number of methoxy groups -OCH3 is 1. The molecule has 0 aliphatic rings. The van der Waals surface area contributed by atoms with E-state index in [0.29, 0.717) is 30.8 Å². The van der Waals surface area contributed by atoms with Crippen LogP contribution < -0.4 is 14.8 Å². The number of ether oxygens (including phenoxy) is 2. The third-order valence-electron chi connectivity index (χ3n) is 4.94. The monoisotopic (exact) mass is 486 g/mol. The quantitative estimate of drug-likeness (QED) is 0.379. The van der Waals surface area contributed by atoms with E-state index in [1.165, 1.54) is 19.2 Å². The van der Waals surface area contributed by atoms with Crippen LogP contribution in [0.2, 0.25) is 0 Å². The maximum absolute atomic E-state index is 12.9. The smallest absolute Gasteiger partial charge is 0.261 e. The molecule has 0 spiro atoms. The average molecular weight is 487 g/mol. The van der Waals surface area contributed by atoms with Gasteiger partial charge in [0.05, 0.1) is 24.3 Å². The summed E-state index contributed by atoms with van der Waals surface area (Å²) in [6.07, 6.45) is 1.37. The zero-order valence-corrected chi connectivity index (χ0v) is 19.6. The summed E-state index contributed by atoms with van der Waals surface area (Å²) in [7, 11) is -2.20. The van der Waals surface area contributed by atoms with E-state index in [4.69, 9.17) is 9.47 Å². The number of halogens is 1. The molecule has 0 saturated heterocycles. The van der Waals surface area contributed by atoms with Crippen LogP contribution >= 0.6 is 0 Å². The van der Waals surface area contributed by atoms with Crippen LogP contribution in [0, 0.1) is 5.82 Å². The fourth-order valence-corrected chi connectivity index (χ4v) is 4.20. The van der Waals surface area contributed by atoms with Crippen molar-refractivity contribution < 1.29 is 27.1 Å². The Kier molecular flexibility index (Phi) is 9.00. The van der Waals surface area contributed by atoms with Crippen molar-refractivity contribution in [3.05, 3.63) is 89.7 Å². The number of anilines is 1. The SMILES string of the molecule is COc1cccc(NS(=O)(=O)c2ccc(CCCNC(=O)COCc3ccc(F)cc3)cc2)c1. The van der Waals surface area contributed by atoms with Crippen molar-refractivity contribution in [3.63, 3.8) is 0 Å². The van der Waals surface area contributed by atoms with E-state index in [0.717, 1.165) is 11.1 Å². The van der Waals surface area contributed by atoms with Crippen LogP contribution in [0.3, 0.4) is 0 Å². The molecule has 9 heteroatoms. The highest BCUT2D eigenvalue weighted by molar-refractivity contribution is 7.92. The summed E-state index contributed by atoms with van der Waals surface area (Å²) in [5.74, 6) is 0.0110. The third-order valence-corrected chi connectivity index (χ3v) is 6.33. The average Bonchev–Trinajstić information content (AvgIpc) is 2.83. The largest absolute Gasteiger partial charge is 0.497 e. The van der Waals surface area contributed by atoms with Crippen molar-refractivity contribution in [3.8, 4) is 5.75 Å².